The number of nitrogens with one attached hydrogen (secondary N) is 2. The van der Waals surface area contributed by atoms with E-state index in [1.807, 2.05) is 6.92 Å². The van der Waals surface area contributed by atoms with Crippen LogP contribution in [0.5, 0.6) is 0 Å². The second-order valence-electron chi connectivity index (χ2n) is 4.43. The first-order chi connectivity index (χ1) is 7.78. The number of nitrogens with zero attached hydrogens (tertiary/aromatic N) is 2. The highest BCUT2D eigenvalue weighted by Crippen LogP contribution is 2.20. The normalized spacial score (nSPS) is 25.9. The quantitative estimate of drug-likeness (QED) is 0.805. The summed E-state index contributed by atoms with van der Waals surface area (Å²) in [4.78, 5) is 4.27. The van der Waals surface area contributed by atoms with Crippen LogP contribution in [-0.2, 0) is 11.3 Å². The number of aromatic nitrogens is 3. The smallest absolute Gasteiger partial charge is 0.164 e. The lowest BCUT2D eigenvalue weighted by atomic mass is 9.93. The Hall–Kier alpha value is -0.940. The molecule has 2 N–H and O–H groups in total. The Morgan fingerprint density at radius 1 is 1.38 bits per heavy atom. The van der Waals surface area contributed by atoms with E-state index in [2.05, 4.69) is 20.5 Å². The molecule has 0 radical (unpaired) electrons. The van der Waals surface area contributed by atoms with Crippen LogP contribution in [0.4, 0.5) is 0 Å². The lowest BCUT2D eigenvalue weighted by molar-refractivity contribution is 0.0623. The summed E-state index contributed by atoms with van der Waals surface area (Å²) in [6.07, 6.45) is 5.13. The van der Waals surface area contributed by atoms with Crippen LogP contribution in [-0.4, -0.2) is 34.4 Å². The van der Waals surface area contributed by atoms with Crippen LogP contribution in [0.25, 0.3) is 0 Å². The summed E-state index contributed by atoms with van der Waals surface area (Å²) in [5.41, 5.74) is 0. The maximum atomic E-state index is 5.35. The van der Waals surface area contributed by atoms with Crippen molar-refractivity contribution in [2.24, 2.45) is 0 Å². The zero-order valence-electron chi connectivity index (χ0n) is 9.99. The summed E-state index contributed by atoms with van der Waals surface area (Å²) in [6, 6.07) is 0.588. The van der Waals surface area contributed by atoms with Gasteiger partial charge in [-0.3, -0.25) is 5.10 Å². The minimum Gasteiger partial charge on any atom is -0.381 e. The van der Waals surface area contributed by atoms with Gasteiger partial charge in [0.1, 0.15) is 5.82 Å². The fourth-order valence-electron chi connectivity index (χ4n) is 2.21. The first kappa shape index (κ1) is 11.5. The summed E-state index contributed by atoms with van der Waals surface area (Å²) in [5.74, 6) is 1.73. The average Bonchev–Trinajstić information content (AvgIpc) is 2.73. The van der Waals surface area contributed by atoms with E-state index in [-0.39, 0.29) is 0 Å². The molecule has 1 aliphatic rings. The molecule has 16 heavy (non-hydrogen) atoms. The SMILES string of the molecule is COC1CCC(NCc2n[nH]c(C)n2)CC1. The van der Waals surface area contributed by atoms with Crippen molar-refractivity contribution in [2.75, 3.05) is 7.11 Å². The largest absolute Gasteiger partial charge is 0.381 e. The van der Waals surface area contributed by atoms with Crippen LogP contribution in [0.1, 0.15) is 37.3 Å². The molecule has 0 aromatic carbocycles. The van der Waals surface area contributed by atoms with Gasteiger partial charge in [0, 0.05) is 13.2 Å². The van der Waals surface area contributed by atoms with Crippen LogP contribution >= 0.6 is 0 Å². The molecule has 1 aromatic rings. The molecule has 0 amide bonds. The zero-order chi connectivity index (χ0) is 11.4. The molecule has 0 spiro atoms. The third kappa shape index (κ3) is 3.02. The van der Waals surface area contributed by atoms with Gasteiger partial charge in [-0.25, -0.2) is 4.98 Å². The highest BCUT2D eigenvalue weighted by molar-refractivity contribution is 4.88. The van der Waals surface area contributed by atoms with Crippen LogP contribution < -0.4 is 5.32 Å². The lowest BCUT2D eigenvalue weighted by Gasteiger charge is -2.27. The Bertz CT molecular complexity index is 318. The predicted molar refractivity (Wildman–Crippen MR) is 61.0 cm³/mol. The second kappa shape index (κ2) is 5.41. The molecule has 90 valence electrons. The topological polar surface area (TPSA) is 62.8 Å². The van der Waals surface area contributed by atoms with Gasteiger partial charge < -0.3 is 10.1 Å². The Balaban J connectivity index is 1.71. The Labute approximate surface area is 96.0 Å². The summed E-state index contributed by atoms with van der Waals surface area (Å²) in [7, 11) is 1.80. The van der Waals surface area contributed by atoms with Crippen LogP contribution in [0.3, 0.4) is 0 Å². The van der Waals surface area contributed by atoms with Gasteiger partial charge in [-0.05, 0) is 32.6 Å². The summed E-state index contributed by atoms with van der Waals surface area (Å²) in [6.45, 7) is 2.67. The molecule has 1 aromatic heterocycles. The standard InChI is InChI=1S/C11H20N4O/c1-8-13-11(15-14-8)7-12-9-3-5-10(16-2)6-4-9/h9-10,12H,3-7H2,1-2H3,(H,13,14,15). The molecule has 1 aliphatic carbocycles. The molecule has 5 heteroatoms. The summed E-state index contributed by atoms with van der Waals surface area (Å²) < 4.78 is 5.35. The number of aryl methyl sites for hydroxylation is 1. The first-order valence-corrected chi connectivity index (χ1v) is 5.92. The van der Waals surface area contributed by atoms with Gasteiger partial charge in [0.25, 0.3) is 0 Å². The Morgan fingerprint density at radius 3 is 2.69 bits per heavy atom. The number of methoxy groups -OCH3 is 1. The molecule has 0 atom stereocenters. The molecule has 5 nitrogen and oxygen atoms in total. The van der Waals surface area contributed by atoms with Gasteiger partial charge in [-0.2, -0.15) is 5.10 Å². The molecule has 0 unspecified atom stereocenters. The monoisotopic (exact) mass is 224 g/mol. The third-order valence-electron chi connectivity index (χ3n) is 3.20. The number of hydrogen-bond donors (Lipinski definition) is 2. The maximum absolute atomic E-state index is 5.35. The summed E-state index contributed by atoms with van der Waals surface area (Å²) >= 11 is 0. The van der Waals surface area contributed by atoms with Crippen molar-refractivity contribution in [3.05, 3.63) is 11.6 Å². The molecule has 2 rings (SSSR count). The van der Waals surface area contributed by atoms with Crippen molar-refractivity contribution >= 4 is 0 Å². The minimum absolute atomic E-state index is 0.462. The molecule has 1 saturated carbocycles. The number of hydrogen-bond acceptors (Lipinski definition) is 4. The fraction of sp³-hybridized carbons (Fsp3) is 0.818. The Morgan fingerprint density at radius 2 is 2.12 bits per heavy atom. The van der Waals surface area contributed by atoms with Crippen molar-refractivity contribution in [1.82, 2.24) is 20.5 Å². The van der Waals surface area contributed by atoms with E-state index in [1.165, 1.54) is 12.8 Å². The fourth-order valence-corrected chi connectivity index (χ4v) is 2.21. The van der Waals surface area contributed by atoms with Gasteiger partial charge in [-0.15, -0.1) is 0 Å². The minimum atomic E-state index is 0.462. The van der Waals surface area contributed by atoms with E-state index < -0.39 is 0 Å². The number of ether oxygens (including phenoxy) is 1. The van der Waals surface area contributed by atoms with Crippen molar-refractivity contribution in [1.29, 1.82) is 0 Å². The maximum Gasteiger partial charge on any atom is 0.164 e. The summed E-state index contributed by atoms with van der Waals surface area (Å²) in [5, 5.41) is 10.5. The van der Waals surface area contributed by atoms with Gasteiger partial charge in [0.15, 0.2) is 5.82 Å². The van der Waals surface area contributed by atoms with Crippen LogP contribution in [0, 0.1) is 6.92 Å². The van der Waals surface area contributed by atoms with Gasteiger partial charge in [0.05, 0.1) is 12.6 Å². The van der Waals surface area contributed by atoms with E-state index in [0.717, 1.165) is 31.0 Å². The number of H-pyrrole nitrogens is 1. The van der Waals surface area contributed by atoms with Crippen molar-refractivity contribution in [2.45, 2.75) is 51.3 Å². The first-order valence-electron chi connectivity index (χ1n) is 5.92. The van der Waals surface area contributed by atoms with Crippen LogP contribution in [0.2, 0.25) is 0 Å². The molecule has 0 bridgehead atoms. The van der Waals surface area contributed by atoms with Crippen molar-refractivity contribution in [3.8, 4) is 0 Å². The molecule has 1 fully saturated rings. The van der Waals surface area contributed by atoms with E-state index in [9.17, 15) is 0 Å². The third-order valence-corrected chi connectivity index (χ3v) is 3.20. The lowest BCUT2D eigenvalue weighted by Crippen LogP contribution is -2.34. The van der Waals surface area contributed by atoms with E-state index in [0.29, 0.717) is 12.1 Å². The van der Waals surface area contributed by atoms with E-state index in [1.54, 1.807) is 7.11 Å². The highest BCUT2D eigenvalue weighted by Gasteiger charge is 2.20. The predicted octanol–water partition coefficient (Wildman–Crippen LogP) is 1.16. The number of aromatic amines is 1. The van der Waals surface area contributed by atoms with Crippen molar-refractivity contribution < 1.29 is 4.74 Å². The highest BCUT2D eigenvalue weighted by atomic mass is 16.5. The molecule has 0 saturated heterocycles. The Kier molecular flexibility index (Phi) is 3.90. The van der Waals surface area contributed by atoms with Crippen molar-refractivity contribution in [3.63, 3.8) is 0 Å². The molecular weight excluding hydrogens is 204 g/mol. The molecule has 1 heterocycles. The van der Waals surface area contributed by atoms with Gasteiger partial charge in [0.2, 0.25) is 0 Å². The molecular formula is C11H20N4O. The van der Waals surface area contributed by atoms with E-state index >= 15 is 0 Å². The van der Waals surface area contributed by atoms with E-state index in [4.69, 9.17) is 4.74 Å². The van der Waals surface area contributed by atoms with Crippen LogP contribution in [0.15, 0.2) is 0 Å². The molecule has 0 aliphatic heterocycles. The second-order valence-corrected chi connectivity index (χ2v) is 4.43. The average molecular weight is 224 g/mol. The zero-order valence-corrected chi connectivity index (χ0v) is 9.99. The number of rotatable bonds is 4. The van der Waals surface area contributed by atoms with Gasteiger partial charge >= 0.3 is 0 Å². The van der Waals surface area contributed by atoms with Gasteiger partial charge in [-0.1, -0.05) is 0 Å².